The summed E-state index contributed by atoms with van der Waals surface area (Å²) in [6.45, 7) is 3.92. The number of hydrogen-bond donors (Lipinski definition) is 0. The van der Waals surface area contributed by atoms with Crippen LogP contribution in [-0.2, 0) is 11.0 Å². The molecule has 19 heavy (non-hydrogen) atoms. The summed E-state index contributed by atoms with van der Waals surface area (Å²) in [5.74, 6) is 0. The lowest BCUT2D eigenvalue weighted by Crippen LogP contribution is -2.04. The van der Waals surface area contributed by atoms with Crippen LogP contribution in [0.1, 0.15) is 11.4 Å². The maximum absolute atomic E-state index is 12.6. The summed E-state index contributed by atoms with van der Waals surface area (Å²) in [6, 6.07) is 13.5. The Bertz CT molecular complexity index is 762. The van der Waals surface area contributed by atoms with Crippen LogP contribution in [0.3, 0.4) is 0 Å². The van der Waals surface area contributed by atoms with Crippen molar-refractivity contribution in [2.24, 2.45) is 0 Å². The van der Waals surface area contributed by atoms with Gasteiger partial charge in [-0.25, -0.2) is 4.21 Å². The van der Waals surface area contributed by atoms with Crippen LogP contribution < -0.4 is 0 Å². The van der Waals surface area contributed by atoms with Gasteiger partial charge in [-0.05, 0) is 38.1 Å². The zero-order valence-corrected chi connectivity index (χ0v) is 11.6. The zero-order chi connectivity index (χ0) is 13.4. The van der Waals surface area contributed by atoms with Gasteiger partial charge in [-0.15, -0.1) is 0 Å². The van der Waals surface area contributed by atoms with Crippen LogP contribution in [0, 0.1) is 13.8 Å². The molecule has 0 aliphatic rings. The van der Waals surface area contributed by atoms with Crippen LogP contribution in [-0.4, -0.2) is 13.2 Å². The first-order valence-electron chi connectivity index (χ1n) is 6.09. The summed E-state index contributed by atoms with van der Waals surface area (Å²) >= 11 is 0. The topological polar surface area (TPSA) is 34.9 Å². The molecule has 0 N–H and O–H groups in total. The van der Waals surface area contributed by atoms with Crippen LogP contribution in [0.15, 0.2) is 53.6 Å². The molecule has 0 aliphatic heterocycles. The highest BCUT2D eigenvalue weighted by Crippen LogP contribution is 2.22. The van der Waals surface area contributed by atoms with E-state index in [0.29, 0.717) is 0 Å². The van der Waals surface area contributed by atoms with Crippen molar-refractivity contribution in [2.45, 2.75) is 18.7 Å². The number of fused-ring (bicyclic) bond motifs is 1. The van der Waals surface area contributed by atoms with E-state index in [1.807, 2.05) is 62.5 Å². The zero-order valence-electron chi connectivity index (χ0n) is 10.8. The molecule has 3 rings (SSSR count). The van der Waals surface area contributed by atoms with Gasteiger partial charge in [0.1, 0.15) is 0 Å². The average molecular weight is 270 g/mol. The Kier molecular flexibility index (Phi) is 2.95. The van der Waals surface area contributed by atoms with E-state index >= 15 is 0 Å². The van der Waals surface area contributed by atoms with Crippen molar-refractivity contribution < 1.29 is 4.21 Å². The van der Waals surface area contributed by atoms with Gasteiger partial charge in [-0.3, -0.25) is 8.96 Å². The molecular weight excluding hydrogens is 256 g/mol. The maximum Gasteiger partial charge on any atom is 0.157 e. The Morgan fingerprint density at radius 3 is 2.58 bits per heavy atom. The first-order chi connectivity index (χ1) is 9.16. The van der Waals surface area contributed by atoms with Crippen molar-refractivity contribution in [3.63, 3.8) is 0 Å². The van der Waals surface area contributed by atoms with Crippen molar-refractivity contribution in [3.8, 4) is 0 Å². The van der Waals surface area contributed by atoms with Gasteiger partial charge < -0.3 is 0 Å². The predicted octanol–water partition coefficient (Wildman–Crippen LogP) is 3.22. The van der Waals surface area contributed by atoms with E-state index in [4.69, 9.17) is 0 Å². The molecule has 96 valence electrons. The van der Waals surface area contributed by atoms with E-state index in [1.54, 1.807) is 3.97 Å². The first-order valence-corrected chi connectivity index (χ1v) is 7.20. The van der Waals surface area contributed by atoms with Gasteiger partial charge in [0.2, 0.25) is 0 Å². The Morgan fingerprint density at radius 2 is 1.84 bits per heavy atom. The summed E-state index contributed by atoms with van der Waals surface area (Å²) in [6.07, 6.45) is 1.86. The third-order valence-electron chi connectivity index (χ3n) is 3.06. The molecule has 0 radical (unpaired) electrons. The third kappa shape index (κ3) is 2.08. The van der Waals surface area contributed by atoms with E-state index in [0.717, 1.165) is 27.2 Å². The van der Waals surface area contributed by atoms with Crippen molar-refractivity contribution in [1.29, 1.82) is 0 Å². The Morgan fingerprint density at radius 1 is 1.11 bits per heavy atom. The predicted molar refractivity (Wildman–Crippen MR) is 77.5 cm³/mol. The van der Waals surface area contributed by atoms with Crippen molar-refractivity contribution in [1.82, 2.24) is 8.96 Å². The number of nitrogens with zero attached hydrogens (tertiary/aromatic N) is 2. The van der Waals surface area contributed by atoms with Gasteiger partial charge in [0, 0.05) is 17.3 Å². The van der Waals surface area contributed by atoms with Gasteiger partial charge in [0.15, 0.2) is 11.0 Å². The smallest absolute Gasteiger partial charge is 0.157 e. The molecule has 3 aromatic rings. The molecule has 0 spiro atoms. The van der Waals surface area contributed by atoms with Crippen molar-refractivity contribution in [2.75, 3.05) is 0 Å². The normalized spacial score (nSPS) is 12.7. The highest BCUT2D eigenvalue weighted by atomic mass is 32.2. The molecule has 0 aliphatic carbocycles. The standard InChI is InChI=1S/C15H14N2OS/c1-11-10-13-8-9-17(15(13)12(2)16-11)19(18)14-6-4-3-5-7-14/h3-10H,1-2H3. The van der Waals surface area contributed by atoms with E-state index in [-0.39, 0.29) is 0 Å². The molecule has 4 heteroatoms. The highest BCUT2D eigenvalue weighted by Gasteiger charge is 2.12. The largest absolute Gasteiger partial charge is 0.261 e. The van der Waals surface area contributed by atoms with Crippen LogP contribution in [0.25, 0.3) is 10.9 Å². The van der Waals surface area contributed by atoms with Gasteiger partial charge in [-0.2, -0.15) is 0 Å². The lowest BCUT2D eigenvalue weighted by molar-refractivity contribution is 0.678. The molecule has 1 atom stereocenters. The van der Waals surface area contributed by atoms with E-state index in [1.165, 1.54) is 0 Å². The summed E-state index contributed by atoms with van der Waals surface area (Å²) < 4.78 is 14.4. The van der Waals surface area contributed by atoms with Crippen LogP contribution >= 0.6 is 0 Å². The second-order valence-electron chi connectivity index (χ2n) is 4.49. The second-order valence-corrected chi connectivity index (χ2v) is 5.85. The molecule has 0 fully saturated rings. The summed E-state index contributed by atoms with van der Waals surface area (Å²) in [5, 5.41) is 1.08. The number of benzene rings is 1. The van der Waals surface area contributed by atoms with E-state index < -0.39 is 11.0 Å². The lowest BCUT2D eigenvalue weighted by atomic mass is 10.2. The van der Waals surface area contributed by atoms with Crippen LogP contribution in [0.2, 0.25) is 0 Å². The number of hydrogen-bond acceptors (Lipinski definition) is 2. The fourth-order valence-electron chi connectivity index (χ4n) is 2.28. The molecule has 1 unspecified atom stereocenters. The summed E-state index contributed by atoms with van der Waals surface area (Å²) in [5.41, 5.74) is 2.82. The number of pyridine rings is 1. The van der Waals surface area contributed by atoms with Gasteiger partial charge >= 0.3 is 0 Å². The Balaban J connectivity index is 2.19. The minimum atomic E-state index is -1.23. The number of rotatable bonds is 2. The molecule has 2 aromatic heterocycles. The minimum absolute atomic E-state index is 0.792. The van der Waals surface area contributed by atoms with Crippen molar-refractivity contribution >= 4 is 21.9 Å². The molecule has 0 bridgehead atoms. The van der Waals surface area contributed by atoms with Gasteiger partial charge in [-0.1, -0.05) is 18.2 Å². The lowest BCUT2D eigenvalue weighted by Gasteiger charge is -2.07. The third-order valence-corrected chi connectivity index (χ3v) is 4.39. The number of aromatic nitrogens is 2. The van der Waals surface area contributed by atoms with E-state index in [2.05, 4.69) is 4.98 Å². The summed E-state index contributed by atoms with van der Waals surface area (Å²) in [7, 11) is -1.23. The fraction of sp³-hybridized carbons (Fsp3) is 0.133. The fourth-order valence-corrected chi connectivity index (χ4v) is 3.47. The number of aryl methyl sites for hydroxylation is 2. The summed E-state index contributed by atoms with van der Waals surface area (Å²) in [4.78, 5) is 5.25. The molecule has 1 aromatic carbocycles. The Labute approximate surface area is 114 Å². The molecular formula is C15H14N2OS. The molecule has 0 saturated heterocycles. The maximum atomic E-state index is 12.6. The quantitative estimate of drug-likeness (QED) is 0.716. The average Bonchev–Trinajstić information content (AvgIpc) is 2.83. The highest BCUT2D eigenvalue weighted by molar-refractivity contribution is 7.83. The van der Waals surface area contributed by atoms with Gasteiger partial charge in [0.25, 0.3) is 0 Å². The molecule has 0 saturated carbocycles. The van der Waals surface area contributed by atoms with Crippen molar-refractivity contribution in [3.05, 3.63) is 60.0 Å². The molecule has 0 amide bonds. The molecule has 2 heterocycles. The van der Waals surface area contributed by atoms with Crippen LogP contribution in [0.5, 0.6) is 0 Å². The first kappa shape index (κ1) is 12.1. The minimum Gasteiger partial charge on any atom is -0.261 e. The second kappa shape index (κ2) is 4.63. The SMILES string of the molecule is Cc1cc2ccn(S(=O)c3ccccc3)c2c(C)n1. The molecule has 3 nitrogen and oxygen atoms in total. The Hall–Kier alpha value is -1.94. The van der Waals surface area contributed by atoms with Crippen LogP contribution in [0.4, 0.5) is 0 Å². The van der Waals surface area contributed by atoms with E-state index in [9.17, 15) is 4.21 Å². The monoisotopic (exact) mass is 270 g/mol. The van der Waals surface area contributed by atoms with Gasteiger partial charge in [0.05, 0.1) is 16.1 Å².